The number of hydrogen-bond donors (Lipinski definition) is 2. The van der Waals surface area contributed by atoms with E-state index in [1.165, 1.54) is 12.4 Å². The van der Waals surface area contributed by atoms with Crippen molar-refractivity contribution in [1.29, 1.82) is 0 Å². The summed E-state index contributed by atoms with van der Waals surface area (Å²) in [5.74, 6) is 1.67. The molecule has 3 heterocycles. The number of carbonyl (C=O) groups excluding carboxylic acids is 1. The highest BCUT2D eigenvalue weighted by molar-refractivity contribution is 5.89. The van der Waals surface area contributed by atoms with Crippen LogP contribution in [0.1, 0.15) is 0 Å². The Morgan fingerprint density at radius 1 is 0.931 bits per heavy atom. The van der Waals surface area contributed by atoms with E-state index in [4.69, 9.17) is 0 Å². The summed E-state index contributed by atoms with van der Waals surface area (Å²) in [6.45, 7) is 2.25. The lowest BCUT2D eigenvalue weighted by atomic mass is 10.3. The van der Waals surface area contributed by atoms with E-state index in [2.05, 4.69) is 30.5 Å². The molecular formula is C20H20FN7O. The Labute approximate surface area is 167 Å². The van der Waals surface area contributed by atoms with Crippen molar-refractivity contribution >= 4 is 29.2 Å². The predicted molar refractivity (Wildman–Crippen MR) is 109 cm³/mol. The fraction of sp³-hybridized carbons (Fsp3) is 0.200. The summed E-state index contributed by atoms with van der Waals surface area (Å²) < 4.78 is 13.7. The number of nitrogens with zero attached hydrogens (tertiary/aromatic N) is 5. The van der Waals surface area contributed by atoms with Crippen LogP contribution in [0.5, 0.6) is 0 Å². The molecule has 8 nitrogen and oxygen atoms in total. The number of pyridine rings is 1. The van der Waals surface area contributed by atoms with Crippen LogP contribution in [0.2, 0.25) is 0 Å². The van der Waals surface area contributed by atoms with Crippen molar-refractivity contribution in [3.63, 3.8) is 0 Å². The second-order valence-electron chi connectivity index (χ2n) is 6.49. The van der Waals surface area contributed by atoms with E-state index in [0.717, 1.165) is 5.82 Å². The lowest BCUT2D eigenvalue weighted by molar-refractivity contribution is 0.208. The van der Waals surface area contributed by atoms with Crippen LogP contribution in [0.25, 0.3) is 0 Å². The van der Waals surface area contributed by atoms with E-state index >= 15 is 0 Å². The van der Waals surface area contributed by atoms with Crippen molar-refractivity contribution < 1.29 is 9.18 Å². The van der Waals surface area contributed by atoms with E-state index < -0.39 is 5.82 Å². The van der Waals surface area contributed by atoms with E-state index in [0.29, 0.717) is 37.8 Å². The van der Waals surface area contributed by atoms with Gasteiger partial charge in [0, 0.05) is 38.4 Å². The monoisotopic (exact) mass is 393 g/mol. The Morgan fingerprint density at radius 3 is 2.48 bits per heavy atom. The van der Waals surface area contributed by atoms with Gasteiger partial charge in [0.2, 0.25) is 0 Å². The maximum atomic E-state index is 13.7. The minimum atomic E-state index is -0.451. The first kappa shape index (κ1) is 18.6. The number of hydrogen-bond acceptors (Lipinski definition) is 6. The second kappa shape index (κ2) is 8.51. The van der Waals surface area contributed by atoms with Gasteiger partial charge in [-0.25, -0.2) is 24.1 Å². The maximum Gasteiger partial charge on any atom is 0.322 e. The molecule has 1 aromatic carbocycles. The van der Waals surface area contributed by atoms with Gasteiger partial charge < -0.3 is 20.4 Å². The Bertz CT molecular complexity index is 977. The zero-order valence-electron chi connectivity index (χ0n) is 15.6. The number of aromatic nitrogens is 3. The highest BCUT2D eigenvalue weighted by Gasteiger charge is 2.22. The average Bonchev–Trinajstić information content (AvgIpc) is 2.76. The number of rotatable bonds is 4. The van der Waals surface area contributed by atoms with Gasteiger partial charge >= 0.3 is 6.03 Å². The summed E-state index contributed by atoms with van der Waals surface area (Å²) in [6, 6.07) is 13.3. The van der Waals surface area contributed by atoms with Crippen LogP contribution in [-0.2, 0) is 0 Å². The largest absolute Gasteiger partial charge is 0.353 e. The molecule has 148 valence electrons. The molecule has 4 rings (SSSR count). The number of amides is 2. The quantitative estimate of drug-likeness (QED) is 0.708. The summed E-state index contributed by atoms with van der Waals surface area (Å²) in [4.78, 5) is 28.9. The fourth-order valence-corrected chi connectivity index (χ4v) is 3.05. The molecule has 1 aliphatic heterocycles. The molecule has 0 aliphatic carbocycles. The molecule has 1 aliphatic rings. The zero-order valence-corrected chi connectivity index (χ0v) is 15.6. The molecule has 2 N–H and O–H groups in total. The first-order chi connectivity index (χ1) is 14.2. The van der Waals surface area contributed by atoms with E-state index in [1.54, 1.807) is 29.3 Å². The number of benzene rings is 1. The highest BCUT2D eigenvalue weighted by atomic mass is 19.1. The Kier molecular flexibility index (Phi) is 5.46. The molecular weight excluding hydrogens is 373 g/mol. The predicted octanol–water partition coefficient (Wildman–Crippen LogP) is 3.11. The Hall–Kier alpha value is -3.75. The van der Waals surface area contributed by atoms with Crippen molar-refractivity contribution in [3.05, 3.63) is 66.9 Å². The molecule has 0 spiro atoms. The van der Waals surface area contributed by atoms with Crippen LogP contribution < -0.4 is 15.5 Å². The van der Waals surface area contributed by atoms with E-state index in [1.807, 2.05) is 24.3 Å². The van der Waals surface area contributed by atoms with Crippen LogP contribution in [0, 0.1) is 5.82 Å². The lowest BCUT2D eigenvalue weighted by Crippen LogP contribution is -2.50. The summed E-state index contributed by atoms with van der Waals surface area (Å²) in [7, 11) is 0. The second-order valence-corrected chi connectivity index (χ2v) is 6.49. The molecule has 0 unspecified atom stereocenters. The van der Waals surface area contributed by atoms with Gasteiger partial charge in [-0.05, 0) is 24.3 Å². The molecule has 1 saturated heterocycles. The molecule has 2 aromatic heterocycles. The normalized spacial score (nSPS) is 13.8. The van der Waals surface area contributed by atoms with Crippen LogP contribution in [-0.4, -0.2) is 52.1 Å². The third kappa shape index (κ3) is 4.57. The number of piperazine rings is 1. The fourth-order valence-electron chi connectivity index (χ4n) is 3.05. The van der Waals surface area contributed by atoms with Gasteiger partial charge in [0.15, 0.2) is 0 Å². The molecule has 9 heteroatoms. The molecule has 29 heavy (non-hydrogen) atoms. The van der Waals surface area contributed by atoms with Crippen molar-refractivity contribution in [2.75, 3.05) is 41.7 Å². The smallest absolute Gasteiger partial charge is 0.322 e. The molecule has 2 amide bonds. The summed E-state index contributed by atoms with van der Waals surface area (Å²) >= 11 is 0. The highest BCUT2D eigenvalue weighted by Crippen LogP contribution is 2.19. The Balaban J connectivity index is 1.35. The summed E-state index contributed by atoms with van der Waals surface area (Å²) in [5.41, 5.74) is 0.181. The van der Waals surface area contributed by atoms with Gasteiger partial charge in [-0.1, -0.05) is 18.2 Å². The van der Waals surface area contributed by atoms with Gasteiger partial charge in [-0.2, -0.15) is 0 Å². The van der Waals surface area contributed by atoms with Gasteiger partial charge in [0.05, 0.1) is 5.69 Å². The van der Waals surface area contributed by atoms with Crippen LogP contribution in [0.3, 0.4) is 0 Å². The van der Waals surface area contributed by atoms with Gasteiger partial charge in [-0.15, -0.1) is 0 Å². The molecule has 0 saturated carbocycles. The average molecular weight is 393 g/mol. The lowest BCUT2D eigenvalue weighted by Gasteiger charge is -2.35. The van der Waals surface area contributed by atoms with Crippen LogP contribution in [0.15, 0.2) is 61.1 Å². The van der Waals surface area contributed by atoms with E-state index in [9.17, 15) is 9.18 Å². The van der Waals surface area contributed by atoms with Crippen molar-refractivity contribution in [1.82, 2.24) is 19.9 Å². The number of anilines is 4. The molecule has 0 atom stereocenters. The minimum Gasteiger partial charge on any atom is -0.353 e. The zero-order chi connectivity index (χ0) is 20.1. The van der Waals surface area contributed by atoms with E-state index in [-0.39, 0.29) is 11.7 Å². The van der Waals surface area contributed by atoms with Crippen LogP contribution in [0.4, 0.5) is 32.3 Å². The Morgan fingerprint density at radius 2 is 1.72 bits per heavy atom. The van der Waals surface area contributed by atoms with Crippen molar-refractivity contribution in [2.24, 2.45) is 0 Å². The molecule has 0 radical (unpaired) electrons. The number of halogens is 1. The molecule has 3 aromatic rings. The molecule has 1 fully saturated rings. The van der Waals surface area contributed by atoms with Crippen LogP contribution >= 0.6 is 0 Å². The number of urea groups is 1. The number of carbonyl (C=O) groups is 1. The third-order valence-electron chi connectivity index (χ3n) is 4.58. The number of para-hydroxylation sites is 1. The SMILES string of the molecule is O=C(Nc1ccccc1F)N1CCN(c2cc(Nc3ccccn3)ncn2)CC1. The number of nitrogens with one attached hydrogen (secondary N) is 2. The standard InChI is InChI=1S/C20H20FN7O/c21-15-5-1-2-6-16(15)25-20(29)28-11-9-27(10-12-28)19-13-18(23-14-24-19)26-17-7-3-4-8-22-17/h1-8,13-14H,9-12H2,(H,25,29)(H,22,23,24,26). The van der Waals surface area contributed by atoms with Crippen molar-refractivity contribution in [2.45, 2.75) is 0 Å². The summed E-state index contributed by atoms with van der Waals surface area (Å²) in [6.07, 6.45) is 3.20. The topological polar surface area (TPSA) is 86.3 Å². The summed E-state index contributed by atoms with van der Waals surface area (Å²) in [5, 5.41) is 5.77. The molecule has 0 bridgehead atoms. The van der Waals surface area contributed by atoms with Crippen molar-refractivity contribution in [3.8, 4) is 0 Å². The minimum absolute atomic E-state index is 0.181. The third-order valence-corrected chi connectivity index (χ3v) is 4.58. The van der Waals surface area contributed by atoms with Gasteiger partial charge in [-0.3, -0.25) is 0 Å². The van der Waals surface area contributed by atoms with Gasteiger partial charge in [0.25, 0.3) is 0 Å². The first-order valence-electron chi connectivity index (χ1n) is 9.24. The maximum absolute atomic E-state index is 13.7. The first-order valence-corrected chi connectivity index (χ1v) is 9.24. The van der Waals surface area contributed by atoms with Gasteiger partial charge in [0.1, 0.15) is 29.6 Å².